The van der Waals surface area contributed by atoms with Crippen LogP contribution in [-0.2, 0) is 10.0 Å². The Morgan fingerprint density at radius 3 is 2.47 bits per heavy atom. The fraction of sp³-hybridized carbons (Fsp3) is 0.571. The van der Waals surface area contributed by atoms with Crippen molar-refractivity contribution in [3.63, 3.8) is 0 Å². The molecule has 0 radical (unpaired) electrons. The average Bonchev–Trinajstić information content (AvgIpc) is 2.40. The molecule has 1 saturated heterocycles. The minimum atomic E-state index is -3.32. The number of hydrogen-bond acceptors (Lipinski definition) is 3. The lowest BCUT2D eigenvalue weighted by atomic mass is 9.98. The molecule has 1 N–H and O–H groups in total. The van der Waals surface area contributed by atoms with Crippen molar-refractivity contribution in [2.45, 2.75) is 24.7 Å². The van der Waals surface area contributed by atoms with Crippen molar-refractivity contribution in [2.75, 3.05) is 26.7 Å². The summed E-state index contributed by atoms with van der Waals surface area (Å²) in [6.45, 7) is 4.07. The Morgan fingerprint density at radius 2 is 1.89 bits per heavy atom. The van der Waals surface area contributed by atoms with Crippen molar-refractivity contribution < 1.29 is 8.42 Å². The molecule has 0 atom stereocenters. The van der Waals surface area contributed by atoms with Crippen LogP contribution in [0, 0.1) is 12.8 Å². The van der Waals surface area contributed by atoms with Crippen molar-refractivity contribution in [1.29, 1.82) is 0 Å². The van der Waals surface area contributed by atoms with Gasteiger partial charge in [0.2, 0.25) is 10.0 Å². The lowest BCUT2D eigenvalue weighted by Gasteiger charge is -2.31. The molecule has 2 rings (SSSR count). The molecule has 1 aromatic carbocycles. The Balaban J connectivity index is 2.12. The minimum Gasteiger partial charge on any atom is -0.319 e. The molecule has 0 unspecified atom stereocenters. The Kier molecular flexibility index (Phi) is 4.60. The quantitative estimate of drug-likeness (QED) is 0.913. The SMILES string of the molecule is CNCC1CCN(S(=O)(=O)c2ccccc2C)CC1. The van der Waals surface area contributed by atoms with Crippen LogP contribution in [0.3, 0.4) is 0 Å². The first-order valence-corrected chi connectivity index (χ1v) is 8.20. The van der Waals surface area contributed by atoms with Gasteiger partial charge >= 0.3 is 0 Å². The number of nitrogens with one attached hydrogen (secondary N) is 1. The number of benzene rings is 1. The summed E-state index contributed by atoms with van der Waals surface area (Å²) in [6, 6.07) is 7.20. The van der Waals surface area contributed by atoms with Crippen LogP contribution in [0.1, 0.15) is 18.4 Å². The molecule has 1 heterocycles. The van der Waals surface area contributed by atoms with Gasteiger partial charge in [0, 0.05) is 13.1 Å². The number of aryl methyl sites for hydroxylation is 1. The molecule has 0 aliphatic carbocycles. The topological polar surface area (TPSA) is 49.4 Å². The van der Waals surface area contributed by atoms with Gasteiger partial charge in [-0.3, -0.25) is 0 Å². The van der Waals surface area contributed by atoms with Crippen LogP contribution in [0.4, 0.5) is 0 Å². The van der Waals surface area contributed by atoms with Gasteiger partial charge in [0.05, 0.1) is 4.90 Å². The van der Waals surface area contributed by atoms with Crippen molar-refractivity contribution in [3.05, 3.63) is 29.8 Å². The third-order valence-electron chi connectivity index (χ3n) is 3.78. The fourth-order valence-electron chi connectivity index (χ4n) is 2.63. The Labute approximate surface area is 115 Å². The van der Waals surface area contributed by atoms with Crippen LogP contribution < -0.4 is 5.32 Å². The third kappa shape index (κ3) is 3.16. The standard InChI is InChI=1S/C14H22N2O2S/c1-12-5-3-4-6-14(12)19(17,18)16-9-7-13(8-10-16)11-15-2/h3-6,13,15H,7-11H2,1-2H3. The number of hydrogen-bond donors (Lipinski definition) is 1. The highest BCUT2D eigenvalue weighted by Crippen LogP contribution is 2.25. The molecular weight excluding hydrogens is 260 g/mol. The molecule has 19 heavy (non-hydrogen) atoms. The first-order chi connectivity index (χ1) is 9.05. The highest BCUT2D eigenvalue weighted by molar-refractivity contribution is 7.89. The van der Waals surface area contributed by atoms with E-state index in [2.05, 4.69) is 5.32 Å². The predicted octanol–water partition coefficient (Wildman–Crippen LogP) is 1.62. The van der Waals surface area contributed by atoms with Crippen molar-refractivity contribution >= 4 is 10.0 Å². The summed E-state index contributed by atoms with van der Waals surface area (Å²) in [4.78, 5) is 0.446. The van der Waals surface area contributed by atoms with E-state index in [9.17, 15) is 8.42 Å². The number of rotatable bonds is 4. The third-order valence-corrected chi connectivity index (χ3v) is 5.84. The summed E-state index contributed by atoms with van der Waals surface area (Å²) >= 11 is 0. The van der Waals surface area contributed by atoms with Gasteiger partial charge in [-0.05, 0) is 50.9 Å². The summed E-state index contributed by atoms with van der Waals surface area (Å²) < 4.78 is 26.8. The van der Waals surface area contributed by atoms with Crippen LogP contribution in [0.5, 0.6) is 0 Å². The first-order valence-electron chi connectivity index (χ1n) is 6.76. The maximum Gasteiger partial charge on any atom is 0.243 e. The molecule has 0 bridgehead atoms. The van der Waals surface area contributed by atoms with E-state index in [1.165, 1.54) is 0 Å². The molecule has 0 amide bonds. The van der Waals surface area contributed by atoms with E-state index >= 15 is 0 Å². The van der Waals surface area contributed by atoms with Crippen molar-refractivity contribution in [3.8, 4) is 0 Å². The second-order valence-electron chi connectivity index (χ2n) is 5.17. The molecule has 106 valence electrons. The van der Waals surface area contributed by atoms with Gasteiger partial charge in [0.15, 0.2) is 0 Å². The highest BCUT2D eigenvalue weighted by Gasteiger charge is 2.29. The molecule has 1 aliphatic heterocycles. The molecule has 4 nitrogen and oxygen atoms in total. The Morgan fingerprint density at radius 1 is 1.26 bits per heavy atom. The zero-order valence-electron chi connectivity index (χ0n) is 11.6. The zero-order valence-corrected chi connectivity index (χ0v) is 12.4. The summed E-state index contributed by atoms with van der Waals surface area (Å²) in [5.74, 6) is 0.591. The normalized spacial score (nSPS) is 18.6. The van der Waals surface area contributed by atoms with Crippen LogP contribution in [-0.4, -0.2) is 39.4 Å². The summed E-state index contributed by atoms with van der Waals surface area (Å²) in [5, 5.41) is 3.16. The molecule has 5 heteroatoms. The van der Waals surface area contributed by atoms with Crippen LogP contribution in [0.2, 0.25) is 0 Å². The average molecular weight is 282 g/mol. The maximum atomic E-state index is 12.6. The van der Waals surface area contributed by atoms with E-state index in [4.69, 9.17) is 0 Å². The zero-order chi connectivity index (χ0) is 13.9. The summed E-state index contributed by atoms with van der Waals surface area (Å²) in [7, 11) is -1.38. The van der Waals surface area contributed by atoms with Crippen LogP contribution in [0.25, 0.3) is 0 Å². The number of nitrogens with zero attached hydrogens (tertiary/aromatic N) is 1. The largest absolute Gasteiger partial charge is 0.319 e. The van der Waals surface area contributed by atoms with E-state index in [0.29, 0.717) is 23.9 Å². The second kappa shape index (κ2) is 6.03. The minimum absolute atomic E-state index is 0.446. The molecular formula is C14H22N2O2S. The van der Waals surface area contributed by atoms with E-state index in [-0.39, 0.29) is 0 Å². The molecule has 1 fully saturated rings. The van der Waals surface area contributed by atoms with Gasteiger partial charge in [0.1, 0.15) is 0 Å². The van der Waals surface area contributed by atoms with Crippen molar-refractivity contribution in [1.82, 2.24) is 9.62 Å². The lowest BCUT2D eigenvalue weighted by Crippen LogP contribution is -2.40. The smallest absolute Gasteiger partial charge is 0.243 e. The monoisotopic (exact) mass is 282 g/mol. The Hall–Kier alpha value is -0.910. The van der Waals surface area contributed by atoms with Crippen LogP contribution >= 0.6 is 0 Å². The van der Waals surface area contributed by atoms with Gasteiger partial charge in [-0.2, -0.15) is 4.31 Å². The van der Waals surface area contributed by atoms with Gasteiger partial charge < -0.3 is 5.32 Å². The molecule has 1 aromatic rings. The van der Waals surface area contributed by atoms with E-state index in [0.717, 1.165) is 24.9 Å². The maximum absolute atomic E-state index is 12.6. The Bertz CT molecular complexity index is 520. The van der Waals surface area contributed by atoms with Crippen molar-refractivity contribution in [2.24, 2.45) is 5.92 Å². The van der Waals surface area contributed by atoms with Gasteiger partial charge in [-0.1, -0.05) is 18.2 Å². The van der Waals surface area contributed by atoms with Gasteiger partial charge in [-0.25, -0.2) is 8.42 Å². The van der Waals surface area contributed by atoms with Gasteiger partial charge in [-0.15, -0.1) is 0 Å². The summed E-state index contributed by atoms with van der Waals surface area (Å²) in [6.07, 6.45) is 1.87. The predicted molar refractivity (Wildman–Crippen MR) is 76.6 cm³/mol. The van der Waals surface area contributed by atoms with E-state index in [1.807, 2.05) is 26.1 Å². The van der Waals surface area contributed by atoms with Gasteiger partial charge in [0.25, 0.3) is 0 Å². The molecule has 0 saturated carbocycles. The molecule has 1 aliphatic rings. The first kappa shape index (κ1) is 14.5. The van der Waals surface area contributed by atoms with E-state index < -0.39 is 10.0 Å². The summed E-state index contributed by atoms with van der Waals surface area (Å²) in [5.41, 5.74) is 0.819. The fourth-order valence-corrected chi connectivity index (χ4v) is 4.32. The number of piperidine rings is 1. The lowest BCUT2D eigenvalue weighted by molar-refractivity contribution is 0.270. The van der Waals surface area contributed by atoms with Crippen LogP contribution in [0.15, 0.2) is 29.2 Å². The molecule has 0 aromatic heterocycles. The molecule has 0 spiro atoms. The highest BCUT2D eigenvalue weighted by atomic mass is 32.2. The van der Waals surface area contributed by atoms with E-state index in [1.54, 1.807) is 16.4 Å². The number of sulfonamides is 1. The second-order valence-corrected chi connectivity index (χ2v) is 7.08.